The molecule has 2 unspecified atom stereocenters. The molecule has 100 valence electrons. The number of amides is 1. The second-order valence-electron chi connectivity index (χ2n) is 5.25. The maximum absolute atomic E-state index is 12.4. The molecule has 1 fully saturated rings. The molecule has 0 aliphatic carbocycles. The van der Waals surface area contributed by atoms with Crippen LogP contribution in [0.2, 0.25) is 0 Å². The van der Waals surface area contributed by atoms with Crippen LogP contribution in [0.15, 0.2) is 0 Å². The smallest absolute Gasteiger partial charge is 0.227 e. The quantitative estimate of drug-likeness (QED) is 0.820. The summed E-state index contributed by atoms with van der Waals surface area (Å²) < 4.78 is 0. The van der Waals surface area contributed by atoms with Crippen LogP contribution in [-0.4, -0.2) is 41.4 Å². The van der Waals surface area contributed by atoms with Gasteiger partial charge in [0.05, 0.1) is 5.92 Å². The highest BCUT2D eigenvalue weighted by atomic mass is 32.2. The Labute approximate surface area is 109 Å². The largest absolute Gasteiger partial charge is 0.340 e. The number of carbonyl (C=O) groups excluding carboxylic acids is 1. The zero-order chi connectivity index (χ0) is 12.8. The number of hydrogen-bond donors (Lipinski definition) is 1. The van der Waals surface area contributed by atoms with Crippen molar-refractivity contribution in [3.8, 4) is 0 Å². The highest BCUT2D eigenvalue weighted by Crippen LogP contribution is 2.23. The molecular formula is C13H26N2OS. The lowest BCUT2D eigenvalue weighted by atomic mass is 9.95. The van der Waals surface area contributed by atoms with Gasteiger partial charge in [0, 0.05) is 30.6 Å². The molecule has 1 aliphatic rings. The molecule has 0 aromatic heterocycles. The van der Waals surface area contributed by atoms with Crippen LogP contribution in [-0.2, 0) is 4.79 Å². The van der Waals surface area contributed by atoms with Crippen molar-refractivity contribution >= 4 is 17.7 Å². The number of thioether (sulfide) groups is 1. The van der Waals surface area contributed by atoms with Crippen LogP contribution in [0.3, 0.4) is 0 Å². The number of nitrogens with zero attached hydrogens (tertiary/aromatic N) is 1. The summed E-state index contributed by atoms with van der Waals surface area (Å²) in [5.74, 6) is 1.91. The summed E-state index contributed by atoms with van der Waals surface area (Å²) in [5, 5.41) is 0.616. The van der Waals surface area contributed by atoms with E-state index in [0.717, 1.165) is 31.7 Å². The molecule has 4 heteroatoms. The first-order chi connectivity index (χ1) is 8.08. The predicted molar refractivity (Wildman–Crippen MR) is 75.1 cm³/mol. The zero-order valence-corrected chi connectivity index (χ0v) is 12.1. The predicted octanol–water partition coefficient (Wildman–Crippen LogP) is 1.96. The minimum absolute atomic E-state index is 0.0237. The van der Waals surface area contributed by atoms with E-state index in [1.54, 1.807) is 0 Å². The van der Waals surface area contributed by atoms with Gasteiger partial charge in [0.25, 0.3) is 0 Å². The van der Waals surface area contributed by atoms with E-state index in [2.05, 4.69) is 20.8 Å². The first-order valence-corrected chi connectivity index (χ1v) is 7.73. The Morgan fingerprint density at radius 1 is 1.53 bits per heavy atom. The van der Waals surface area contributed by atoms with Crippen LogP contribution in [0, 0.1) is 11.8 Å². The molecule has 0 aromatic rings. The first-order valence-electron chi connectivity index (χ1n) is 6.68. The van der Waals surface area contributed by atoms with E-state index in [4.69, 9.17) is 5.73 Å². The van der Waals surface area contributed by atoms with Crippen molar-refractivity contribution in [1.29, 1.82) is 0 Å². The van der Waals surface area contributed by atoms with Gasteiger partial charge < -0.3 is 10.6 Å². The molecule has 1 aliphatic heterocycles. The summed E-state index contributed by atoms with van der Waals surface area (Å²) in [5.41, 5.74) is 5.74. The molecule has 0 radical (unpaired) electrons. The topological polar surface area (TPSA) is 46.3 Å². The van der Waals surface area contributed by atoms with Gasteiger partial charge in [0.2, 0.25) is 5.91 Å². The van der Waals surface area contributed by atoms with Crippen LogP contribution >= 0.6 is 11.8 Å². The Hall–Kier alpha value is -0.220. The van der Waals surface area contributed by atoms with Crippen molar-refractivity contribution in [2.24, 2.45) is 17.6 Å². The third-order valence-corrected chi connectivity index (χ3v) is 4.67. The fourth-order valence-corrected chi connectivity index (χ4v) is 3.47. The lowest BCUT2D eigenvalue weighted by Gasteiger charge is -2.34. The highest BCUT2D eigenvalue weighted by molar-refractivity contribution is 8.00. The van der Waals surface area contributed by atoms with Crippen molar-refractivity contribution in [3.05, 3.63) is 0 Å². The normalized spacial score (nSPS) is 22.9. The van der Waals surface area contributed by atoms with Gasteiger partial charge in [-0.1, -0.05) is 20.8 Å². The second-order valence-corrected chi connectivity index (χ2v) is 6.66. The molecule has 1 saturated heterocycles. The monoisotopic (exact) mass is 258 g/mol. The fourth-order valence-electron chi connectivity index (χ4n) is 2.29. The van der Waals surface area contributed by atoms with Crippen LogP contribution in [0.5, 0.6) is 0 Å². The molecule has 2 atom stereocenters. The molecule has 1 heterocycles. The van der Waals surface area contributed by atoms with Crippen molar-refractivity contribution in [3.63, 3.8) is 0 Å². The minimum atomic E-state index is 0.0237. The molecule has 2 N–H and O–H groups in total. The van der Waals surface area contributed by atoms with E-state index in [1.165, 1.54) is 0 Å². The molecule has 0 spiro atoms. The van der Waals surface area contributed by atoms with Gasteiger partial charge in [-0.05, 0) is 18.8 Å². The van der Waals surface area contributed by atoms with Crippen molar-refractivity contribution in [2.75, 3.05) is 25.4 Å². The lowest BCUT2D eigenvalue weighted by Crippen LogP contribution is -2.46. The van der Waals surface area contributed by atoms with Gasteiger partial charge in [-0.2, -0.15) is 11.8 Å². The summed E-state index contributed by atoms with van der Waals surface area (Å²) in [6.07, 6.45) is 2.06. The molecule has 1 rings (SSSR count). The maximum atomic E-state index is 12.4. The second kappa shape index (κ2) is 7.27. The third-order valence-electron chi connectivity index (χ3n) is 3.30. The summed E-state index contributed by atoms with van der Waals surface area (Å²) in [6.45, 7) is 8.79. The van der Waals surface area contributed by atoms with Gasteiger partial charge in [0.1, 0.15) is 0 Å². The van der Waals surface area contributed by atoms with Gasteiger partial charge in [-0.3, -0.25) is 4.79 Å². The van der Waals surface area contributed by atoms with Gasteiger partial charge in [-0.25, -0.2) is 0 Å². The number of carbonyl (C=O) groups is 1. The lowest BCUT2D eigenvalue weighted by molar-refractivity contribution is -0.135. The number of rotatable bonds is 5. The molecule has 0 aromatic carbocycles. The van der Waals surface area contributed by atoms with E-state index in [9.17, 15) is 4.79 Å². The van der Waals surface area contributed by atoms with Gasteiger partial charge in [0.15, 0.2) is 0 Å². The maximum Gasteiger partial charge on any atom is 0.227 e. The standard InChI is InChI=1S/C13H26N2OS/c1-4-12-9-15(5-6-17-12)13(16)11(8-14)7-10(2)3/h10-12H,4-9,14H2,1-3H3. The van der Waals surface area contributed by atoms with Crippen LogP contribution in [0.25, 0.3) is 0 Å². The summed E-state index contributed by atoms with van der Waals surface area (Å²) in [6, 6.07) is 0. The van der Waals surface area contributed by atoms with Gasteiger partial charge in [-0.15, -0.1) is 0 Å². The molecule has 17 heavy (non-hydrogen) atoms. The SMILES string of the molecule is CCC1CN(C(=O)C(CN)CC(C)C)CCS1. The first kappa shape index (κ1) is 14.8. The van der Waals surface area contributed by atoms with Crippen LogP contribution in [0.1, 0.15) is 33.6 Å². The Kier molecular flexibility index (Phi) is 6.34. The van der Waals surface area contributed by atoms with E-state index in [1.807, 2.05) is 16.7 Å². The van der Waals surface area contributed by atoms with Crippen LogP contribution < -0.4 is 5.73 Å². The van der Waals surface area contributed by atoms with Crippen LogP contribution in [0.4, 0.5) is 0 Å². The Morgan fingerprint density at radius 3 is 2.76 bits per heavy atom. The minimum Gasteiger partial charge on any atom is -0.340 e. The fraction of sp³-hybridized carbons (Fsp3) is 0.923. The van der Waals surface area contributed by atoms with E-state index in [0.29, 0.717) is 17.7 Å². The highest BCUT2D eigenvalue weighted by Gasteiger charge is 2.28. The third kappa shape index (κ3) is 4.51. The van der Waals surface area contributed by atoms with E-state index in [-0.39, 0.29) is 11.8 Å². The Bertz CT molecular complexity index is 246. The van der Waals surface area contributed by atoms with Crippen molar-refractivity contribution in [2.45, 2.75) is 38.9 Å². The molecule has 0 saturated carbocycles. The van der Waals surface area contributed by atoms with Crippen molar-refractivity contribution in [1.82, 2.24) is 4.90 Å². The van der Waals surface area contributed by atoms with Crippen molar-refractivity contribution < 1.29 is 4.79 Å². The molecule has 3 nitrogen and oxygen atoms in total. The molecule has 0 bridgehead atoms. The Balaban J connectivity index is 2.54. The van der Waals surface area contributed by atoms with Gasteiger partial charge >= 0.3 is 0 Å². The Morgan fingerprint density at radius 2 is 2.24 bits per heavy atom. The van der Waals surface area contributed by atoms with E-state index >= 15 is 0 Å². The summed E-state index contributed by atoms with van der Waals surface area (Å²) >= 11 is 1.99. The molecular weight excluding hydrogens is 232 g/mol. The average Bonchev–Trinajstić information content (AvgIpc) is 2.35. The van der Waals surface area contributed by atoms with E-state index < -0.39 is 0 Å². The number of nitrogens with two attached hydrogens (primary N) is 1. The average molecular weight is 258 g/mol. The zero-order valence-electron chi connectivity index (χ0n) is 11.3. The summed E-state index contributed by atoms with van der Waals surface area (Å²) in [7, 11) is 0. The summed E-state index contributed by atoms with van der Waals surface area (Å²) in [4.78, 5) is 14.4. The number of hydrogen-bond acceptors (Lipinski definition) is 3. The molecule has 1 amide bonds.